The Bertz CT molecular complexity index is 570. The van der Waals surface area contributed by atoms with Crippen molar-refractivity contribution in [3.8, 4) is 11.1 Å². The lowest BCUT2D eigenvalue weighted by molar-refractivity contribution is 0.546. The Morgan fingerprint density at radius 3 is 2.25 bits per heavy atom. The van der Waals surface area contributed by atoms with E-state index in [4.69, 9.17) is 0 Å². The maximum atomic E-state index is 14.1. The summed E-state index contributed by atoms with van der Waals surface area (Å²) in [4.78, 5) is 0. The second-order valence-electron chi connectivity index (χ2n) is 4.86. The van der Waals surface area contributed by atoms with Gasteiger partial charge in [0.15, 0.2) is 0 Å². The van der Waals surface area contributed by atoms with Crippen molar-refractivity contribution < 1.29 is 8.78 Å². The predicted molar refractivity (Wildman–Crippen MR) is 82.7 cm³/mol. The quantitative estimate of drug-likeness (QED) is 0.575. The van der Waals surface area contributed by atoms with Crippen LogP contribution in [0.4, 0.5) is 8.78 Å². The summed E-state index contributed by atoms with van der Waals surface area (Å²) in [5, 5.41) is 0. The molecule has 0 aliphatic carbocycles. The molecule has 0 aliphatic rings. The van der Waals surface area contributed by atoms with Crippen molar-refractivity contribution >= 4 is 15.9 Å². The van der Waals surface area contributed by atoms with Crippen LogP contribution in [0.3, 0.4) is 0 Å². The van der Waals surface area contributed by atoms with Crippen molar-refractivity contribution in [1.29, 1.82) is 0 Å². The number of halogens is 3. The molecular weight excluding hydrogens is 322 g/mol. The molecule has 0 radical (unpaired) electrons. The molecule has 0 nitrogen and oxygen atoms in total. The average Bonchev–Trinajstić information content (AvgIpc) is 2.42. The van der Waals surface area contributed by atoms with Crippen molar-refractivity contribution in [2.24, 2.45) is 0 Å². The van der Waals surface area contributed by atoms with Crippen LogP contribution in [0.5, 0.6) is 0 Å². The molecule has 0 aliphatic heterocycles. The Labute approximate surface area is 127 Å². The standard InChI is InChI=1S/C17H17BrF2/c1-2-3-4-8-14-16(19)10-12(11-17(14)20)13-7-5-6-9-15(13)18/h5-7,9-11H,2-4,8H2,1H3. The number of unbranched alkanes of at least 4 members (excludes halogenated alkanes) is 2. The Balaban J connectivity index is 2.33. The summed E-state index contributed by atoms with van der Waals surface area (Å²) in [5.41, 5.74) is 1.56. The third-order valence-corrected chi connectivity index (χ3v) is 4.05. The largest absolute Gasteiger partial charge is 0.207 e. The Hall–Kier alpha value is -1.22. The van der Waals surface area contributed by atoms with Crippen molar-refractivity contribution in [2.45, 2.75) is 32.6 Å². The first kappa shape index (κ1) is 15.2. The molecule has 0 spiro atoms. The van der Waals surface area contributed by atoms with Gasteiger partial charge < -0.3 is 0 Å². The van der Waals surface area contributed by atoms with Crippen LogP contribution in [0.25, 0.3) is 11.1 Å². The van der Waals surface area contributed by atoms with Gasteiger partial charge in [0.25, 0.3) is 0 Å². The first-order chi connectivity index (χ1) is 9.63. The number of hydrogen-bond acceptors (Lipinski definition) is 0. The highest BCUT2D eigenvalue weighted by atomic mass is 79.9. The van der Waals surface area contributed by atoms with Gasteiger partial charge in [-0.1, -0.05) is 53.9 Å². The molecule has 2 rings (SSSR count). The molecule has 0 bridgehead atoms. The summed E-state index contributed by atoms with van der Waals surface area (Å²) in [5.74, 6) is -0.904. The molecule has 0 aromatic heterocycles. The fraction of sp³-hybridized carbons (Fsp3) is 0.294. The lowest BCUT2D eigenvalue weighted by atomic mass is 10.00. The minimum absolute atomic E-state index is 0.203. The van der Waals surface area contributed by atoms with Gasteiger partial charge in [0.2, 0.25) is 0 Å². The smallest absolute Gasteiger partial charge is 0.129 e. The summed E-state index contributed by atoms with van der Waals surface area (Å²) in [6.45, 7) is 2.07. The van der Waals surface area contributed by atoms with Gasteiger partial charge in [0.05, 0.1) is 0 Å². The molecule has 0 atom stereocenters. The number of rotatable bonds is 5. The molecule has 0 unspecified atom stereocenters. The van der Waals surface area contributed by atoms with Crippen LogP contribution in [0.1, 0.15) is 31.7 Å². The SMILES string of the molecule is CCCCCc1c(F)cc(-c2ccccc2Br)cc1F. The zero-order valence-electron chi connectivity index (χ0n) is 11.4. The molecular formula is C17H17BrF2. The molecule has 0 saturated heterocycles. The minimum atomic E-state index is -0.452. The maximum absolute atomic E-state index is 14.1. The minimum Gasteiger partial charge on any atom is -0.207 e. The van der Waals surface area contributed by atoms with Crippen LogP contribution in [-0.4, -0.2) is 0 Å². The van der Waals surface area contributed by atoms with Crippen molar-refractivity contribution in [3.05, 3.63) is 58.1 Å². The first-order valence-corrected chi connectivity index (χ1v) is 7.65. The Morgan fingerprint density at radius 1 is 1.00 bits per heavy atom. The highest BCUT2D eigenvalue weighted by Crippen LogP contribution is 2.30. The van der Waals surface area contributed by atoms with Crippen LogP contribution in [0.2, 0.25) is 0 Å². The summed E-state index contributed by atoms with van der Waals surface area (Å²) in [7, 11) is 0. The maximum Gasteiger partial charge on any atom is 0.129 e. The van der Waals surface area contributed by atoms with E-state index < -0.39 is 11.6 Å². The average molecular weight is 339 g/mol. The van der Waals surface area contributed by atoms with Crippen LogP contribution in [0, 0.1) is 11.6 Å². The highest BCUT2D eigenvalue weighted by molar-refractivity contribution is 9.10. The molecule has 0 fully saturated rings. The van der Waals surface area contributed by atoms with Gasteiger partial charge in [0, 0.05) is 10.0 Å². The number of benzene rings is 2. The van der Waals surface area contributed by atoms with Gasteiger partial charge in [-0.25, -0.2) is 8.78 Å². The summed E-state index contributed by atoms with van der Waals surface area (Å²) in [6, 6.07) is 10.3. The first-order valence-electron chi connectivity index (χ1n) is 6.86. The Morgan fingerprint density at radius 2 is 1.65 bits per heavy atom. The summed E-state index contributed by atoms with van der Waals surface area (Å²) < 4.78 is 29.0. The normalized spacial score (nSPS) is 10.8. The topological polar surface area (TPSA) is 0 Å². The van der Waals surface area contributed by atoms with Gasteiger partial charge in [-0.15, -0.1) is 0 Å². The van der Waals surface area contributed by atoms with Crippen molar-refractivity contribution in [2.75, 3.05) is 0 Å². The fourth-order valence-electron chi connectivity index (χ4n) is 2.24. The van der Waals surface area contributed by atoms with E-state index in [-0.39, 0.29) is 5.56 Å². The lowest BCUT2D eigenvalue weighted by Gasteiger charge is -2.09. The van der Waals surface area contributed by atoms with Crippen molar-refractivity contribution in [1.82, 2.24) is 0 Å². The summed E-state index contributed by atoms with van der Waals surface area (Å²) in [6.07, 6.45) is 3.31. The van der Waals surface area contributed by atoms with Crippen molar-refractivity contribution in [3.63, 3.8) is 0 Å². The van der Waals surface area contributed by atoms with Crippen LogP contribution >= 0.6 is 15.9 Å². The monoisotopic (exact) mass is 338 g/mol. The molecule has 2 aromatic rings. The molecule has 0 heterocycles. The zero-order valence-corrected chi connectivity index (χ0v) is 13.0. The van der Waals surface area contributed by atoms with Gasteiger partial charge >= 0.3 is 0 Å². The molecule has 2 aromatic carbocycles. The van der Waals surface area contributed by atoms with Gasteiger partial charge in [-0.3, -0.25) is 0 Å². The number of hydrogen-bond donors (Lipinski definition) is 0. The molecule has 20 heavy (non-hydrogen) atoms. The molecule has 0 saturated carbocycles. The van der Waals surface area contributed by atoms with E-state index in [1.54, 1.807) is 0 Å². The van der Waals surface area contributed by atoms with Gasteiger partial charge in [-0.05, 0) is 42.2 Å². The lowest BCUT2D eigenvalue weighted by Crippen LogP contribution is -1.97. The van der Waals surface area contributed by atoms with E-state index in [2.05, 4.69) is 22.9 Å². The van der Waals surface area contributed by atoms with E-state index in [1.807, 2.05) is 24.3 Å². The van der Waals surface area contributed by atoms with E-state index in [0.717, 1.165) is 29.3 Å². The van der Waals surface area contributed by atoms with Gasteiger partial charge in [0.1, 0.15) is 11.6 Å². The third-order valence-electron chi connectivity index (χ3n) is 3.36. The highest BCUT2D eigenvalue weighted by Gasteiger charge is 2.13. The summed E-state index contributed by atoms with van der Waals surface area (Å²) >= 11 is 3.41. The molecule has 0 N–H and O–H groups in total. The second-order valence-corrected chi connectivity index (χ2v) is 5.71. The molecule has 3 heteroatoms. The fourth-order valence-corrected chi connectivity index (χ4v) is 2.76. The van der Waals surface area contributed by atoms with Crippen LogP contribution < -0.4 is 0 Å². The van der Waals surface area contributed by atoms with E-state index >= 15 is 0 Å². The van der Waals surface area contributed by atoms with E-state index in [1.165, 1.54) is 12.1 Å². The van der Waals surface area contributed by atoms with Crippen LogP contribution in [-0.2, 0) is 6.42 Å². The third kappa shape index (κ3) is 3.45. The second kappa shape index (κ2) is 6.98. The van der Waals surface area contributed by atoms with Crippen LogP contribution in [0.15, 0.2) is 40.9 Å². The van der Waals surface area contributed by atoms with Gasteiger partial charge in [-0.2, -0.15) is 0 Å². The predicted octanol–water partition coefficient (Wildman–Crippen LogP) is 6.13. The zero-order chi connectivity index (χ0) is 14.5. The molecule has 0 amide bonds. The Kier molecular flexibility index (Phi) is 5.30. The van der Waals surface area contributed by atoms with E-state index in [0.29, 0.717) is 12.0 Å². The molecule has 106 valence electrons. The van der Waals surface area contributed by atoms with E-state index in [9.17, 15) is 8.78 Å².